The van der Waals surface area contributed by atoms with Crippen LogP contribution in [0.4, 0.5) is 19.4 Å². The van der Waals surface area contributed by atoms with E-state index in [0.717, 1.165) is 12.1 Å². The molecule has 4 aromatic rings. The van der Waals surface area contributed by atoms with Gasteiger partial charge in [0.25, 0.3) is 0 Å². The summed E-state index contributed by atoms with van der Waals surface area (Å²) in [7, 11) is 1.56. The first-order valence-electron chi connectivity index (χ1n) is 13.9. The Hall–Kier alpha value is -4.72. The molecule has 2 N–H and O–H groups in total. The number of urea groups is 1. The Morgan fingerprint density at radius 3 is 2.57 bits per heavy atom. The lowest BCUT2D eigenvalue weighted by Gasteiger charge is -2.20. The number of anilines is 1. The first-order valence-corrected chi connectivity index (χ1v) is 13.9. The summed E-state index contributed by atoms with van der Waals surface area (Å²) in [5, 5.41) is 12.3. The number of amides is 2. The number of esters is 1. The van der Waals surface area contributed by atoms with Crippen LogP contribution < -0.4 is 10.6 Å². The lowest BCUT2D eigenvalue weighted by molar-refractivity contribution is -0.154. The molecule has 11 nitrogen and oxygen atoms in total. The highest BCUT2D eigenvalue weighted by atomic mass is 19.2. The second kappa shape index (κ2) is 13.7. The highest BCUT2D eigenvalue weighted by Gasteiger charge is 2.37. The van der Waals surface area contributed by atoms with Crippen LogP contribution in [0, 0.1) is 18.6 Å². The van der Waals surface area contributed by atoms with E-state index >= 15 is 0 Å². The van der Waals surface area contributed by atoms with Gasteiger partial charge < -0.3 is 14.8 Å². The molecule has 2 amide bonds. The predicted octanol–water partition coefficient (Wildman–Crippen LogP) is 4.71. The van der Waals surface area contributed by atoms with Crippen molar-refractivity contribution in [2.45, 2.75) is 32.6 Å². The number of hydroxylamine groups is 2. The van der Waals surface area contributed by atoms with Crippen LogP contribution in [0.2, 0.25) is 0 Å². The molecule has 3 heterocycles. The van der Waals surface area contributed by atoms with E-state index in [-0.39, 0.29) is 13.2 Å². The predicted molar refractivity (Wildman–Crippen MR) is 157 cm³/mol. The fourth-order valence-corrected chi connectivity index (χ4v) is 4.84. The summed E-state index contributed by atoms with van der Waals surface area (Å²) in [6.45, 7) is 4.29. The topological polar surface area (TPSA) is 120 Å². The number of pyridine rings is 1. The Balaban J connectivity index is 1.40. The minimum absolute atomic E-state index is 0.0549. The molecule has 1 aliphatic rings. The average molecular weight is 607 g/mol. The van der Waals surface area contributed by atoms with E-state index in [1.807, 2.05) is 43.3 Å². The molecule has 2 aromatic heterocycles. The van der Waals surface area contributed by atoms with Gasteiger partial charge in [0.2, 0.25) is 0 Å². The number of carbonyl (C=O) groups is 2. The van der Waals surface area contributed by atoms with Gasteiger partial charge in [-0.25, -0.2) is 18.3 Å². The zero-order chi connectivity index (χ0) is 31.2. The third kappa shape index (κ3) is 7.08. The maximum atomic E-state index is 14.1. The fraction of sp³-hybridized carbons (Fsp3) is 0.290. The van der Waals surface area contributed by atoms with E-state index in [1.54, 1.807) is 29.1 Å². The maximum absolute atomic E-state index is 14.1. The highest BCUT2D eigenvalue weighted by molar-refractivity contribution is 5.91. The Morgan fingerprint density at radius 2 is 1.89 bits per heavy atom. The Morgan fingerprint density at radius 1 is 1.09 bits per heavy atom. The number of hydrogen-bond donors (Lipinski definition) is 2. The summed E-state index contributed by atoms with van der Waals surface area (Å²) >= 11 is 0. The summed E-state index contributed by atoms with van der Waals surface area (Å²) < 4.78 is 39.5. The third-order valence-corrected chi connectivity index (χ3v) is 7.04. The summed E-state index contributed by atoms with van der Waals surface area (Å²) in [6, 6.07) is 15.3. The smallest absolute Gasteiger partial charge is 0.320 e. The van der Waals surface area contributed by atoms with E-state index in [1.165, 1.54) is 13.0 Å². The van der Waals surface area contributed by atoms with Crippen molar-refractivity contribution in [1.29, 1.82) is 0 Å². The van der Waals surface area contributed by atoms with Crippen molar-refractivity contribution in [3.05, 3.63) is 95.3 Å². The number of benzene rings is 2. The number of hydrogen-bond acceptors (Lipinski definition) is 8. The van der Waals surface area contributed by atoms with Gasteiger partial charge in [0.15, 0.2) is 11.6 Å². The Bertz CT molecular complexity index is 1620. The summed E-state index contributed by atoms with van der Waals surface area (Å²) in [5.74, 6) is -1.95. The van der Waals surface area contributed by atoms with Crippen LogP contribution in [0.3, 0.4) is 0 Å². The molecular weight excluding hydrogens is 574 g/mol. The van der Waals surface area contributed by atoms with Gasteiger partial charge in [-0.2, -0.15) is 10.2 Å². The van der Waals surface area contributed by atoms with Crippen molar-refractivity contribution < 1.29 is 32.7 Å². The minimum Gasteiger partial charge on any atom is -0.459 e. The molecule has 44 heavy (non-hydrogen) atoms. The summed E-state index contributed by atoms with van der Waals surface area (Å²) in [4.78, 5) is 35.0. The molecule has 0 saturated carbocycles. The van der Waals surface area contributed by atoms with Gasteiger partial charge in [-0.3, -0.25) is 19.9 Å². The largest absolute Gasteiger partial charge is 0.459 e. The van der Waals surface area contributed by atoms with Gasteiger partial charge in [-0.15, -0.1) is 0 Å². The molecule has 2 atom stereocenters. The zero-order valence-corrected chi connectivity index (χ0v) is 24.4. The van der Waals surface area contributed by atoms with Crippen LogP contribution >= 0.6 is 0 Å². The maximum Gasteiger partial charge on any atom is 0.320 e. The normalized spacial score (nSPS) is 16.6. The number of ether oxygens (including phenoxy) is 2. The average Bonchev–Trinajstić information content (AvgIpc) is 3.57. The molecule has 2 aromatic carbocycles. The van der Waals surface area contributed by atoms with Gasteiger partial charge in [0.05, 0.1) is 29.7 Å². The second-order valence-electron chi connectivity index (χ2n) is 10.2. The zero-order valence-electron chi connectivity index (χ0n) is 24.4. The van der Waals surface area contributed by atoms with Gasteiger partial charge in [0.1, 0.15) is 18.5 Å². The van der Waals surface area contributed by atoms with Crippen LogP contribution in [-0.2, 0) is 25.7 Å². The summed E-state index contributed by atoms with van der Waals surface area (Å²) in [5.41, 5.74) is 3.64. The number of aromatic nitrogens is 3. The number of methoxy groups -OCH3 is 1. The number of nitrogens with one attached hydrogen (secondary N) is 2. The first-order chi connectivity index (χ1) is 21.2. The lowest BCUT2D eigenvalue weighted by atomic mass is 10.0. The van der Waals surface area contributed by atoms with Gasteiger partial charge >= 0.3 is 12.0 Å². The Labute approximate surface area is 252 Å². The van der Waals surface area contributed by atoms with Crippen molar-refractivity contribution in [2.75, 3.05) is 32.1 Å². The quantitative estimate of drug-likeness (QED) is 0.249. The summed E-state index contributed by atoms with van der Waals surface area (Å²) in [6.07, 6.45) is 0.865. The van der Waals surface area contributed by atoms with E-state index in [2.05, 4.69) is 15.6 Å². The second-order valence-corrected chi connectivity index (χ2v) is 10.2. The fourth-order valence-electron chi connectivity index (χ4n) is 4.84. The minimum atomic E-state index is -1.01. The first kappa shape index (κ1) is 30.7. The molecule has 13 heteroatoms. The molecule has 0 spiro atoms. The van der Waals surface area contributed by atoms with Crippen LogP contribution in [0.15, 0.2) is 66.9 Å². The van der Waals surface area contributed by atoms with E-state index in [4.69, 9.17) is 19.4 Å². The number of para-hydroxylation sites is 1. The SMILES string of the molecule is COCCN1C[C@@H](NC(=O)Nc2c(C)c(-c3ccc(COC(C)=O)nc3)nn2-c2ccccc2)[C@H](c2ccc(F)c(F)c2)O1. The van der Waals surface area contributed by atoms with E-state index in [9.17, 15) is 18.4 Å². The molecule has 1 fully saturated rings. The monoisotopic (exact) mass is 606 g/mol. The van der Waals surface area contributed by atoms with Crippen LogP contribution in [0.5, 0.6) is 0 Å². The molecule has 1 saturated heterocycles. The van der Waals surface area contributed by atoms with Crippen molar-refractivity contribution >= 4 is 17.8 Å². The van der Waals surface area contributed by atoms with E-state index < -0.39 is 35.8 Å². The molecule has 0 unspecified atom stereocenters. The van der Waals surface area contributed by atoms with Gasteiger partial charge in [-0.05, 0) is 48.9 Å². The highest BCUT2D eigenvalue weighted by Crippen LogP contribution is 2.32. The lowest BCUT2D eigenvalue weighted by Crippen LogP contribution is -2.42. The van der Waals surface area contributed by atoms with Gasteiger partial charge in [0, 0.05) is 44.4 Å². The van der Waals surface area contributed by atoms with Crippen molar-refractivity contribution in [2.24, 2.45) is 0 Å². The Kier molecular flexibility index (Phi) is 9.58. The number of rotatable bonds is 10. The number of halogens is 2. The molecular formula is C31H32F2N6O5. The molecule has 5 rings (SSSR count). The molecule has 1 aliphatic heterocycles. The van der Waals surface area contributed by atoms with Gasteiger partial charge in [-0.1, -0.05) is 24.3 Å². The van der Waals surface area contributed by atoms with Crippen LogP contribution in [-0.4, -0.2) is 64.7 Å². The molecule has 0 bridgehead atoms. The van der Waals surface area contributed by atoms with E-state index in [0.29, 0.717) is 52.7 Å². The van der Waals surface area contributed by atoms with Crippen LogP contribution in [0.1, 0.15) is 29.8 Å². The van der Waals surface area contributed by atoms with Crippen molar-refractivity contribution in [3.8, 4) is 16.9 Å². The van der Waals surface area contributed by atoms with Crippen LogP contribution in [0.25, 0.3) is 16.9 Å². The number of carbonyl (C=O) groups excluding carboxylic acids is 2. The third-order valence-electron chi connectivity index (χ3n) is 7.04. The standard InChI is InChI=1S/C31H32F2N6O5/c1-19-28(22-9-11-23(34-16-22)18-43-20(2)40)37-39(24-7-5-4-6-8-24)30(19)36-31(41)35-27-17-38(13-14-42-3)44-29(27)21-10-12-25(32)26(33)15-21/h4-12,15-16,27,29H,13-14,17-18H2,1-3H3,(H2,35,36,41)/t27-,29+/m1/s1. The van der Waals surface area contributed by atoms with Crippen molar-refractivity contribution in [3.63, 3.8) is 0 Å². The molecule has 0 aliphatic carbocycles. The molecule has 0 radical (unpaired) electrons. The molecule has 230 valence electrons. The van der Waals surface area contributed by atoms with Crippen molar-refractivity contribution in [1.82, 2.24) is 25.1 Å². The number of nitrogens with zero attached hydrogens (tertiary/aromatic N) is 4.